The van der Waals surface area contributed by atoms with Crippen LogP contribution in [0, 0.1) is 0 Å². The summed E-state index contributed by atoms with van der Waals surface area (Å²) in [4.78, 5) is 30.9. The van der Waals surface area contributed by atoms with Crippen molar-refractivity contribution in [3.05, 3.63) is 81.7 Å². The van der Waals surface area contributed by atoms with Crippen LogP contribution in [0.2, 0.25) is 10.3 Å². The van der Waals surface area contributed by atoms with Crippen LogP contribution in [0.15, 0.2) is 54.6 Å². The van der Waals surface area contributed by atoms with Crippen molar-refractivity contribution in [1.82, 2.24) is 14.9 Å². The zero-order valence-electron chi connectivity index (χ0n) is 16.0. The highest BCUT2D eigenvalue weighted by Gasteiger charge is 2.28. The Morgan fingerprint density at radius 1 is 1.03 bits per heavy atom. The number of aromatic nitrogens is 2. The van der Waals surface area contributed by atoms with Crippen molar-refractivity contribution in [3.8, 4) is 0 Å². The molecule has 0 atom stereocenters. The molecule has 0 unspecified atom stereocenters. The molecule has 1 aromatic heterocycles. The lowest BCUT2D eigenvalue weighted by atomic mass is 10.2. The molecule has 29 heavy (non-hydrogen) atoms. The number of halogens is 2. The van der Waals surface area contributed by atoms with Crippen LogP contribution in [0.5, 0.6) is 0 Å². The quantitative estimate of drug-likeness (QED) is 0.638. The molecule has 150 valence electrons. The van der Waals surface area contributed by atoms with Crippen LogP contribution in [0.3, 0.4) is 0 Å². The first-order chi connectivity index (χ1) is 13.9. The van der Waals surface area contributed by atoms with Crippen LogP contribution in [0.1, 0.15) is 28.5 Å². The van der Waals surface area contributed by atoms with Crippen molar-refractivity contribution in [2.45, 2.75) is 20.0 Å². The van der Waals surface area contributed by atoms with Crippen LogP contribution in [-0.4, -0.2) is 28.4 Å². The van der Waals surface area contributed by atoms with Gasteiger partial charge in [0.05, 0.1) is 13.1 Å². The van der Waals surface area contributed by atoms with Crippen molar-refractivity contribution in [2.75, 3.05) is 11.9 Å². The fourth-order valence-electron chi connectivity index (χ4n) is 2.96. The number of nitrogens with one attached hydrogen (secondary N) is 1. The first kappa shape index (κ1) is 20.9. The van der Waals surface area contributed by atoms with Crippen molar-refractivity contribution >= 4 is 40.8 Å². The lowest BCUT2D eigenvalue weighted by Gasteiger charge is -2.20. The molecule has 0 aliphatic rings. The van der Waals surface area contributed by atoms with Crippen LogP contribution in [0.25, 0.3) is 0 Å². The molecular weight excluding hydrogens is 411 g/mol. The molecule has 6 nitrogen and oxygen atoms in total. The maximum Gasteiger partial charge on any atom is 0.271 e. The van der Waals surface area contributed by atoms with Gasteiger partial charge in [0.1, 0.15) is 0 Å². The van der Waals surface area contributed by atoms with Crippen LogP contribution in [-0.2, 0) is 17.9 Å². The van der Waals surface area contributed by atoms with Gasteiger partial charge in [0.15, 0.2) is 11.5 Å². The Morgan fingerprint density at radius 2 is 1.69 bits per heavy atom. The van der Waals surface area contributed by atoms with Gasteiger partial charge in [-0.15, -0.1) is 0 Å². The molecule has 0 bridgehead atoms. The summed E-state index contributed by atoms with van der Waals surface area (Å²) in [5.41, 5.74) is 2.02. The van der Waals surface area contributed by atoms with E-state index in [1.54, 1.807) is 16.7 Å². The van der Waals surface area contributed by atoms with Gasteiger partial charge in [0, 0.05) is 19.0 Å². The molecule has 0 fully saturated rings. The first-order valence-electron chi connectivity index (χ1n) is 8.95. The van der Waals surface area contributed by atoms with Gasteiger partial charge in [-0.3, -0.25) is 14.5 Å². The minimum atomic E-state index is -0.382. The molecule has 0 aliphatic heterocycles. The van der Waals surface area contributed by atoms with Crippen LogP contribution in [0.4, 0.5) is 5.82 Å². The molecule has 0 saturated carbocycles. The highest BCUT2D eigenvalue weighted by Crippen LogP contribution is 2.27. The summed E-state index contributed by atoms with van der Waals surface area (Å²) >= 11 is 12.3. The van der Waals surface area contributed by atoms with Gasteiger partial charge in [-0.2, -0.15) is 4.98 Å². The molecule has 0 aliphatic carbocycles. The van der Waals surface area contributed by atoms with E-state index in [-0.39, 0.29) is 35.2 Å². The molecule has 0 radical (unpaired) electrons. The Hall–Kier alpha value is -2.83. The number of hydrogen-bond donors (Lipinski definition) is 1. The van der Waals surface area contributed by atoms with Crippen molar-refractivity contribution in [1.29, 1.82) is 0 Å². The molecule has 3 aromatic rings. The standard InChI is InChI=1S/C21H20Cl2N4O2/c1-14(28)26(12-15-6-4-3-5-7-15)19-18(20(29)24-2)27(21(23)25-19)13-16-8-10-17(22)11-9-16/h3-11H,12-13H2,1-2H3,(H,24,29). The summed E-state index contributed by atoms with van der Waals surface area (Å²) in [5.74, 6) is -0.404. The smallest absolute Gasteiger partial charge is 0.271 e. The Morgan fingerprint density at radius 3 is 2.28 bits per heavy atom. The second-order valence-electron chi connectivity index (χ2n) is 6.44. The molecule has 8 heteroatoms. The van der Waals surface area contributed by atoms with Gasteiger partial charge in [-0.25, -0.2) is 0 Å². The summed E-state index contributed by atoms with van der Waals surface area (Å²) in [6, 6.07) is 16.7. The van der Waals surface area contributed by atoms with Crippen molar-refractivity contribution in [2.24, 2.45) is 0 Å². The second kappa shape index (κ2) is 9.11. The third-order valence-corrected chi connectivity index (χ3v) is 4.96. The zero-order valence-corrected chi connectivity index (χ0v) is 17.5. The van der Waals surface area contributed by atoms with E-state index in [4.69, 9.17) is 23.2 Å². The average molecular weight is 431 g/mol. The third kappa shape index (κ3) is 4.78. The highest BCUT2D eigenvalue weighted by molar-refractivity contribution is 6.30. The number of carbonyl (C=O) groups is 2. The number of benzene rings is 2. The van der Waals surface area contributed by atoms with E-state index < -0.39 is 0 Å². The molecule has 0 saturated heterocycles. The van der Waals surface area contributed by atoms with Crippen molar-refractivity contribution < 1.29 is 9.59 Å². The molecule has 3 rings (SSSR count). The lowest BCUT2D eigenvalue weighted by Crippen LogP contribution is -2.32. The lowest BCUT2D eigenvalue weighted by molar-refractivity contribution is -0.116. The van der Waals surface area contributed by atoms with E-state index >= 15 is 0 Å². The van der Waals surface area contributed by atoms with Crippen LogP contribution < -0.4 is 10.2 Å². The summed E-state index contributed by atoms with van der Waals surface area (Å²) in [6.07, 6.45) is 0. The summed E-state index contributed by atoms with van der Waals surface area (Å²) in [5, 5.41) is 3.34. The number of hydrogen-bond acceptors (Lipinski definition) is 3. The average Bonchev–Trinajstić information content (AvgIpc) is 3.03. The van der Waals surface area contributed by atoms with Gasteiger partial charge < -0.3 is 9.88 Å². The summed E-state index contributed by atoms with van der Waals surface area (Å²) in [7, 11) is 1.52. The Labute approximate surface area is 179 Å². The number of rotatable bonds is 6. The second-order valence-corrected chi connectivity index (χ2v) is 7.21. The molecule has 2 aromatic carbocycles. The van der Waals surface area contributed by atoms with E-state index in [1.807, 2.05) is 42.5 Å². The van der Waals surface area contributed by atoms with Gasteiger partial charge in [-0.05, 0) is 34.9 Å². The van der Waals surface area contributed by atoms with E-state index in [2.05, 4.69) is 10.3 Å². The van der Waals surface area contributed by atoms with E-state index in [0.717, 1.165) is 11.1 Å². The van der Waals surface area contributed by atoms with E-state index in [0.29, 0.717) is 11.6 Å². The number of nitrogens with zero attached hydrogens (tertiary/aromatic N) is 3. The maximum atomic E-state index is 12.7. The first-order valence-corrected chi connectivity index (χ1v) is 9.71. The summed E-state index contributed by atoms with van der Waals surface area (Å²) in [6.45, 7) is 2.01. The Balaban J connectivity index is 2.06. The van der Waals surface area contributed by atoms with Crippen LogP contribution >= 0.6 is 23.2 Å². The zero-order chi connectivity index (χ0) is 21.0. The SMILES string of the molecule is CNC(=O)c1c(N(Cc2ccccc2)C(C)=O)nc(Cl)n1Cc1ccc(Cl)cc1. The number of carbonyl (C=O) groups excluding carboxylic acids is 2. The summed E-state index contributed by atoms with van der Waals surface area (Å²) < 4.78 is 1.58. The highest BCUT2D eigenvalue weighted by atomic mass is 35.5. The fourth-order valence-corrected chi connectivity index (χ4v) is 3.31. The molecule has 0 spiro atoms. The predicted molar refractivity (Wildman–Crippen MR) is 114 cm³/mol. The number of imidazole rings is 1. The molecule has 1 heterocycles. The number of amides is 2. The van der Waals surface area contributed by atoms with Gasteiger partial charge >= 0.3 is 0 Å². The molecular formula is C21H20Cl2N4O2. The Kier molecular flexibility index (Phi) is 6.56. The Bertz CT molecular complexity index is 1020. The van der Waals surface area contributed by atoms with Gasteiger partial charge in [-0.1, -0.05) is 54.1 Å². The largest absolute Gasteiger partial charge is 0.354 e. The monoisotopic (exact) mass is 430 g/mol. The molecule has 1 N–H and O–H groups in total. The van der Waals surface area contributed by atoms with Gasteiger partial charge in [0.2, 0.25) is 11.2 Å². The fraction of sp³-hybridized carbons (Fsp3) is 0.190. The maximum absolute atomic E-state index is 12.7. The van der Waals surface area contributed by atoms with Gasteiger partial charge in [0.25, 0.3) is 5.91 Å². The third-order valence-electron chi connectivity index (χ3n) is 4.42. The molecule has 2 amide bonds. The van der Waals surface area contributed by atoms with E-state index in [9.17, 15) is 9.59 Å². The van der Waals surface area contributed by atoms with E-state index in [1.165, 1.54) is 18.9 Å². The number of anilines is 1. The predicted octanol–water partition coefficient (Wildman–Crippen LogP) is 4.15. The normalized spacial score (nSPS) is 10.6. The minimum Gasteiger partial charge on any atom is -0.354 e. The van der Waals surface area contributed by atoms with Crippen molar-refractivity contribution in [3.63, 3.8) is 0 Å². The topological polar surface area (TPSA) is 67.2 Å². The minimum absolute atomic E-state index is 0.118.